The molecule has 0 saturated heterocycles. The van der Waals surface area contributed by atoms with Crippen molar-refractivity contribution in [3.8, 4) is 56.4 Å². The molecule has 0 saturated carbocycles. The van der Waals surface area contributed by atoms with E-state index >= 15 is 0 Å². The molecule has 0 aliphatic heterocycles. The highest BCUT2D eigenvalue weighted by Crippen LogP contribution is 2.36. The quantitative estimate of drug-likeness (QED) is 0.161. The van der Waals surface area contributed by atoms with E-state index in [2.05, 4.69) is 191 Å². The second-order valence-electron chi connectivity index (χ2n) is 14.3. The SMILES string of the molecule is c1ccc(-n2c(-c3ccc(-c4ccc5ccc6ccc(-c7ccc(-c8nc9ccccc9n8-c8ccccc8)cc7)cc6c5c4)cc3)nc3ccccc32)cc1. The molecule has 0 spiro atoms. The van der Waals surface area contributed by atoms with Crippen LogP contribution in [0.5, 0.6) is 0 Å². The molecule has 0 atom stereocenters. The highest BCUT2D eigenvalue weighted by molar-refractivity contribution is 6.10. The first kappa shape index (κ1) is 31.9. The molecule has 2 heterocycles. The summed E-state index contributed by atoms with van der Waals surface area (Å²) in [7, 11) is 0. The van der Waals surface area contributed by atoms with Crippen LogP contribution in [0, 0.1) is 0 Å². The second kappa shape index (κ2) is 13.1. The predicted molar refractivity (Wildman–Crippen MR) is 232 cm³/mol. The Labute approximate surface area is 324 Å². The third kappa shape index (κ3) is 5.39. The van der Waals surface area contributed by atoms with Gasteiger partial charge in [-0.1, -0.05) is 146 Å². The van der Waals surface area contributed by atoms with Crippen molar-refractivity contribution >= 4 is 43.6 Å². The van der Waals surface area contributed by atoms with E-state index in [4.69, 9.17) is 9.97 Å². The normalized spacial score (nSPS) is 11.6. The first-order valence-corrected chi connectivity index (χ1v) is 19.0. The van der Waals surface area contributed by atoms with Crippen molar-refractivity contribution < 1.29 is 0 Å². The minimum atomic E-state index is 0.934. The maximum Gasteiger partial charge on any atom is 0.145 e. The van der Waals surface area contributed by atoms with Crippen LogP contribution in [0.3, 0.4) is 0 Å². The number of aromatic nitrogens is 4. The summed E-state index contributed by atoms with van der Waals surface area (Å²) in [4.78, 5) is 10.1. The van der Waals surface area contributed by atoms with E-state index in [0.717, 1.165) is 56.2 Å². The first-order chi connectivity index (χ1) is 27.7. The lowest BCUT2D eigenvalue weighted by Crippen LogP contribution is -1.97. The lowest BCUT2D eigenvalue weighted by atomic mass is 9.94. The third-order valence-corrected chi connectivity index (χ3v) is 10.9. The summed E-state index contributed by atoms with van der Waals surface area (Å²) in [5.74, 6) is 1.87. The standard InChI is InChI=1S/C52H34N4/c1-3-11-43(12-4-1)55-49-17-9-7-15-47(49)53-51(55)39-27-19-35(20-28-39)41-31-25-37-23-24-38-26-32-42(34-46(38)45(37)33-41)36-21-29-40(30-22-36)52-54-48-16-8-10-18-50(48)56(52)44-13-5-2-6-14-44/h1-34H. The van der Waals surface area contributed by atoms with Gasteiger partial charge in [-0.05, 0) is 104 Å². The van der Waals surface area contributed by atoms with Crippen molar-refractivity contribution in [1.82, 2.24) is 19.1 Å². The summed E-state index contributed by atoms with van der Waals surface area (Å²) in [6.07, 6.45) is 0. The van der Waals surface area contributed by atoms with Gasteiger partial charge in [-0.2, -0.15) is 0 Å². The van der Waals surface area contributed by atoms with E-state index in [1.54, 1.807) is 0 Å². The van der Waals surface area contributed by atoms with Crippen LogP contribution in [0.15, 0.2) is 206 Å². The van der Waals surface area contributed by atoms with Crippen molar-refractivity contribution in [1.29, 1.82) is 0 Å². The molecule has 56 heavy (non-hydrogen) atoms. The summed E-state index contributed by atoms with van der Waals surface area (Å²) in [6.45, 7) is 0. The zero-order chi connectivity index (χ0) is 37.0. The largest absolute Gasteiger partial charge is 0.292 e. The lowest BCUT2D eigenvalue weighted by molar-refractivity contribution is 1.10. The molecule has 4 nitrogen and oxygen atoms in total. The Kier molecular flexibility index (Phi) is 7.46. The molecule has 9 aromatic carbocycles. The summed E-state index contributed by atoms with van der Waals surface area (Å²) in [5, 5.41) is 4.93. The molecule has 0 N–H and O–H groups in total. The molecule has 262 valence electrons. The fourth-order valence-corrected chi connectivity index (χ4v) is 8.15. The Balaban J connectivity index is 0.948. The topological polar surface area (TPSA) is 35.6 Å². The number of nitrogens with zero attached hydrogens (tertiary/aromatic N) is 4. The van der Waals surface area contributed by atoms with Crippen LogP contribution in [0.4, 0.5) is 0 Å². The zero-order valence-corrected chi connectivity index (χ0v) is 30.4. The summed E-state index contributed by atoms with van der Waals surface area (Å²) < 4.78 is 4.50. The van der Waals surface area contributed by atoms with Gasteiger partial charge in [0.2, 0.25) is 0 Å². The number of para-hydroxylation sites is 6. The third-order valence-electron chi connectivity index (χ3n) is 10.9. The van der Waals surface area contributed by atoms with Gasteiger partial charge in [-0.3, -0.25) is 9.13 Å². The molecular formula is C52H34N4. The fourth-order valence-electron chi connectivity index (χ4n) is 8.15. The molecule has 2 aromatic heterocycles. The van der Waals surface area contributed by atoms with Gasteiger partial charge in [0.25, 0.3) is 0 Å². The average molecular weight is 715 g/mol. The molecule has 0 aliphatic carbocycles. The van der Waals surface area contributed by atoms with Crippen molar-refractivity contribution in [3.63, 3.8) is 0 Å². The Hall–Kier alpha value is -7.56. The van der Waals surface area contributed by atoms with Gasteiger partial charge in [-0.25, -0.2) is 9.97 Å². The van der Waals surface area contributed by atoms with Crippen LogP contribution in [0.25, 0.3) is 100 Å². The van der Waals surface area contributed by atoms with Gasteiger partial charge in [0.05, 0.1) is 22.1 Å². The molecule has 11 rings (SSSR count). The number of hydrogen-bond acceptors (Lipinski definition) is 2. The van der Waals surface area contributed by atoms with E-state index < -0.39 is 0 Å². The van der Waals surface area contributed by atoms with Crippen LogP contribution in [0.2, 0.25) is 0 Å². The van der Waals surface area contributed by atoms with Gasteiger partial charge in [-0.15, -0.1) is 0 Å². The van der Waals surface area contributed by atoms with Crippen LogP contribution in [-0.2, 0) is 0 Å². The highest BCUT2D eigenvalue weighted by atomic mass is 15.1. The lowest BCUT2D eigenvalue weighted by Gasteiger charge is -2.12. The van der Waals surface area contributed by atoms with E-state index in [1.807, 2.05) is 24.3 Å². The molecule has 11 aromatic rings. The van der Waals surface area contributed by atoms with Gasteiger partial charge in [0.1, 0.15) is 11.6 Å². The Morgan fingerprint density at radius 2 is 0.625 bits per heavy atom. The summed E-state index contributed by atoms with van der Waals surface area (Å²) in [5.41, 5.74) is 13.2. The number of benzene rings is 9. The van der Waals surface area contributed by atoms with E-state index in [0.29, 0.717) is 0 Å². The van der Waals surface area contributed by atoms with E-state index in [-0.39, 0.29) is 0 Å². The molecule has 0 bridgehead atoms. The smallest absolute Gasteiger partial charge is 0.145 e. The predicted octanol–water partition coefficient (Wildman–Crippen LogP) is 13.3. The number of fused-ring (bicyclic) bond motifs is 5. The Bertz CT molecular complexity index is 2990. The fraction of sp³-hybridized carbons (Fsp3) is 0. The summed E-state index contributed by atoms with van der Waals surface area (Å²) >= 11 is 0. The molecule has 0 radical (unpaired) electrons. The van der Waals surface area contributed by atoms with Crippen molar-refractivity contribution in [2.75, 3.05) is 0 Å². The van der Waals surface area contributed by atoms with Crippen LogP contribution in [-0.4, -0.2) is 19.1 Å². The van der Waals surface area contributed by atoms with Gasteiger partial charge in [0.15, 0.2) is 0 Å². The maximum absolute atomic E-state index is 5.07. The molecular weight excluding hydrogens is 681 g/mol. The number of imidazole rings is 2. The second-order valence-corrected chi connectivity index (χ2v) is 14.3. The van der Waals surface area contributed by atoms with Crippen molar-refractivity contribution in [2.45, 2.75) is 0 Å². The number of rotatable bonds is 6. The van der Waals surface area contributed by atoms with Crippen LogP contribution >= 0.6 is 0 Å². The van der Waals surface area contributed by atoms with Gasteiger partial charge >= 0.3 is 0 Å². The Morgan fingerprint density at radius 3 is 1.05 bits per heavy atom. The monoisotopic (exact) mass is 714 g/mol. The maximum atomic E-state index is 5.07. The minimum Gasteiger partial charge on any atom is -0.292 e. The molecule has 0 amide bonds. The Morgan fingerprint density at radius 1 is 0.286 bits per heavy atom. The van der Waals surface area contributed by atoms with Crippen molar-refractivity contribution in [3.05, 3.63) is 206 Å². The van der Waals surface area contributed by atoms with Crippen LogP contribution < -0.4 is 0 Å². The zero-order valence-electron chi connectivity index (χ0n) is 30.4. The van der Waals surface area contributed by atoms with Gasteiger partial charge in [0, 0.05) is 22.5 Å². The minimum absolute atomic E-state index is 0.934. The van der Waals surface area contributed by atoms with E-state index in [1.165, 1.54) is 43.8 Å². The van der Waals surface area contributed by atoms with Gasteiger partial charge < -0.3 is 0 Å². The molecule has 0 unspecified atom stereocenters. The van der Waals surface area contributed by atoms with Crippen LogP contribution in [0.1, 0.15) is 0 Å². The molecule has 0 fully saturated rings. The number of hydrogen-bond donors (Lipinski definition) is 0. The first-order valence-electron chi connectivity index (χ1n) is 19.0. The molecule has 4 heteroatoms. The summed E-state index contributed by atoms with van der Waals surface area (Å²) in [6, 6.07) is 73.3. The average Bonchev–Trinajstić information content (AvgIpc) is 3.86. The van der Waals surface area contributed by atoms with Crippen molar-refractivity contribution in [2.24, 2.45) is 0 Å². The van der Waals surface area contributed by atoms with E-state index in [9.17, 15) is 0 Å². The highest BCUT2D eigenvalue weighted by Gasteiger charge is 2.16. The molecule has 0 aliphatic rings.